The molecule has 1 aliphatic rings. The van der Waals surface area contributed by atoms with Crippen LogP contribution in [0.1, 0.15) is 18.4 Å². The Morgan fingerprint density at radius 1 is 1.55 bits per heavy atom. The van der Waals surface area contributed by atoms with Gasteiger partial charge in [-0.2, -0.15) is 0 Å². The number of nitrogens with zero attached hydrogens (tertiary/aromatic N) is 1. The third kappa shape index (κ3) is 4.16. The first-order valence-corrected chi connectivity index (χ1v) is 7.12. The predicted molar refractivity (Wildman–Crippen MR) is 76.9 cm³/mol. The van der Waals surface area contributed by atoms with Gasteiger partial charge in [0.1, 0.15) is 5.82 Å². The summed E-state index contributed by atoms with van der Waals surface area (Å²) in [5, 5.41) is 3.35. The highest BCUT2D eigenvalue weighted by Gasteiger charge is 2.21. The first kappa shape index (κ1) is 15.2. The van der Waals surface area contributed by atoms with Gasteiger partial charge in [-0.05, 0) is 37.1 Å². The molecule has 0 saturated carbocycles. The van der Waals surface area contributed by atoms with Gasteiger partial charge in [0.25, 0.3) is 0 Å². The summed E-state index contributed by atoms with van der Waals surface area (Å²) < 4.78 is 13.0. The van der Waals surface area contributed by atoms with Crippen molar-refractivity contribution < 1.29 is 9.18 Å². The number of halogens is 2. The topological polar surface area (TPSA) is 58.4 Å². The molecule has 1 aliphatic heterocycles. The monoisotopic (exact) mass is 299 g/mol. The Morgan fingerprint density at radius 3 is 3.05 bits per heavy atom. The van der Waals surface area contributed by atoms with Gasteiger partial charge in [-0.15, -0.1) is 0 Å². The Balaban J connectivity index is 1.94. The number of benzene rings is 1. The summed E-state index contributed by atoms with van der Waals surface area (Å²) in [7, 11) is 0. The van der Waals surface area contributed by atoms with Gasteiger partial charge in [-0.1, -0.05) is 17.7 Å². The molecule has 1 saturated heterocycles. The molecule has 0 aromatic heterocycles. The van der Waals surface area contributed by atoms with Gasteiger partial charge < -0.3 is 11.1 Å². The van der Waals surface area contributed by atoms with E-state index in [1.807, 2.05) is 0 Å². The number of nitrogens with two attached hydrogens (primary N) is 1. The van der Waals surface area contributed by atoms with E-state index < -0.39 is 0 Å². The van der Waals surface area contributed by atoms with E-state index in [4.69, 9.17) is 17.3 Å². The smallest absolute Gasteiger partial charge is 0.233 e. The van der Waals surface area contributed by atoms with Crippen LogP contribution in [0, 0.1) is 5.82 Å². The van der Waals surface area contributed by atoms with Crippen LogP contribution in [0.5, 0.6) is 0 Å². The normalized spacial score (nSPS) is 19.9. The second kappa shape index (κ2) is 7.02. The van der Waals surface area contributed by atoms with Gasteiger partial charge in [0.15, 0.2) is 0 Å². The maximum atomic E-state index is 13.0. The molecule has 6 heteroatoms. The van der Waals surface area contributed by atoms with Crippen LogP contribution in [0.3, 0.4) is 0 Å². The number of carbonyl (C=O) groups is 1. The number of likely N-dealkylation sites (tertiary alicyclic amines) is 1. The summed E-state index contributed by atoms with van der Waals surface area (Å²) in [5.74, 6) is -0.456. The molecule has 2 rings (SSSR count). The quantitative estimate of drug-likeness (QED) is 0.886. The van der Waals surface area contributed by atoms with Gasteiger partial charge >= 0.3 is 0 Å². The molecule has 1 unspecified atom stereocenters. The molecule has 0 spiro atoms. The number of nitrogens with one attached hydrogen (secondary N) is 1. The molecule has 0 radical (unpaired) electrons. The van der Waals surface area contributed by atoms with Crippen molar-refractivity contribution >= 4 is 17.5 Å². The maximum Gasteiger partial charge on any atom is 0.233 e. The van der Waals surface area contributed by atoms with Gasteiger partial charge in [0.05, 0.1) is 6.54 Å². The second-order valence-electron chi connectivity index (χ2n) is 5.08. The number of hydrogen-bond acceptors (Lipinski definition) is 3. The lowest BCUT2D eigenvalue weighted by atomic mass is 10.0. The summed E-state index contributed by atoms with van der Waals surface area (Å²) in [5.41, 5.74) is 6.20. The summed E-state index contributed by atoms with van der Waals surface area (Å²) in [6, 6.07) is 4.58. The number of piperidine rings is 1. The van der Waals surface area contributed by atoms with E-state index in [-0.39, 0.29) is 24.3 Å². The lowest BCUT2D eigenvalue weighted by Gasteiger charge is -2.33. The van der Waals surface area contributed by atoms with Crippen molar-refractivity contribution in [3.8, 4) is 0 Å². The van der Waals surface area contributed by atoms with E-state index in [1.165, 1.54) is 12.1 Å². The van der Waals surface area contributed by atoms with Crippen LogP contribution >= 0.6 is 11.6 Å². The van der Waals surface area contributed by atoms with Crippen LogP contribution in [0.25, 0.3) is 0 Å². The molecule has 20 heavy (non-hydrogen) atoms. The van der Waals surface area contributed by atoms with Crippen molar-refractivity contribution in [1.29, 1.82) is 0 Å². The minimum absolute atomic E-state index is 0.0142. The highest BCUT2D eigenvalue weighted by Crippen LogP contribution is 2.21. The molecule has 1 amide bonds. The lowest BCUT2D eigenvalue weighted by molar-refractivity contribution is -0.120. The molecule has 1 atom stereocenters. The molecule has 0 bridgehead atoms. The van der Waals surface area contributed by atoms with Crippen LogP contribution in [0.15, 0.2) is 18.2 Å². The first-order valence-electron chi connectivity index (χ1n) is 6.74. The fraction of sp³-hybridized carbons (Fsp3) is 0.500. The standard InChI is InChI=1S/C14H19ClFN3O/c15-13-6-11(16)4-3-10(13)8-19-5-1-2-12(9-19)18-14(20)7-17/h3-4,6,12H,1-2,5,7-9,17H2,(H,18,20). The second-order valence-corrected chi connectivity index (χ2v) is 5.49. The number of rotatable bonds is 4. The summed E-state index contributed by atoms with van der Waals surface area (Å²) in [6.45, 7) is 2.39. The van der Waals surface area contributed by atoms with Crippen molar-refractivity contribution in [3.05, 3.63) is 34.6 Å². The fourth-order valence-electron chi connectivity index (χ4n) is 2.49. The van der Waals surface area contributed by atoms with Crippen LogP contribution in [-0.4, -0.2) is 36.5 Å². The van der Waals surface area contributed by atoms with Crippen molar-refractivity contribution in [2.24, 2.45) is 5.73 Å². The van der Waals surface area contributed by atoms with E-state index in [0.29, 0.717) is 11.6 Å². The molecule has 3 N–H and O–H groups in total. The Kier molecular flexibility index (Phi) is 5.34. The zero-order valence-electron chi connectivity index (χ0n) is 11.2. The first-order chi connectivity index (χ1) is 9.58. The zero-order chi connectivity index (χ0) is 14.5. The minimum Gasteiger partial charge on any atom is -0.351 e. The zero-order valence-corrected chi connectivity index (χ0v) is 12.0. The molecule has 0 aliphatic carbocycles. The number of carbonyl (C=O) groups excluding carboxylic acids is 1. The summed E-state index contributed by atoms with van der Waals surface area (Å²) in [6.07, 6.45) is 1.97. The van der Waals surface area contributed by atoms with E-state index >= 15 is 0 Å². The molecular formula is C14H19ClFN3O. The Labute approximate surface area is 123 Å². The SMILES string of the molecule is NCC(=O)NC1CCCN(Cc2ccc(F)cc2Cl)C1. The highest BCUT2D eigenvalue weighted by atomic mass is 35.5. The van der Waals surface area contributed by atoms with E-state index in [9.17, 15) is 9.18 Å². The Hall–Kier alpha value is -1.17. The molecule has 110 valence electrons. The number of hydrogen-bond donors (Lipinski definition) is 2. The molecule has 1 fully saturated rings. The van der Waals surface area contributed by atoms with Gasteiger partial charge in [0.2, 0.25) is 5.91 Å². The predicted octanol–water partition coefficient (Wildman–Crippen LogP) is 1.52. The molecule has 4 nitrogen and oxygen atoms in total. The summed E-state index contributed by atoms with van der Waals surface area (Å²) >= 11 is 6.04. The highest BCUT2D eigenvalue weighted by molar-refractivity contribution is 6.31. The average Bonchev–Trinajstić information content (AvgIpc) is 2.42. The molecule has 1 aromatic rings. The van der Waals surface area contributed by atoms with Crippen molar-refractivity contribution in [3.63, 3.8) is 0 Å². The molecular weight excluding hydrogens is 281 g/mol. The third-order valence-corrected chi connectivity index (χ3v) is 3.82. The Morgan fingerprint density at radius 2 is 2.35 bits per heavy atom. The third-order valence-electron chi connectivity index (χ3n) is 3.47. The Bertz CT molecular complexity index is 483. The van der Waals surface area contributed by atoms with Gasteiger partial charge in [-0.25, -0.2) is 4.39 Å². The fourth-order valence-corrected chi connectivity index (χ4v) is 2.72. The van der Waals surface area contributed by atoms with Crippen molar-refractivity contribution in [2.75, 3.05) is 19.6 Å². The van der Waals surface area contributed by atoms with E-state index in [0.717, 1.165) is 31.5 Å². The van der Waals surface area contributed by atoms with E-state index in [2.05, 4.69) is 10.2 Å². The maximum absolute atomic E-state index is 13.0. The largest absolute Gasteiger partial charge is 0.351 e. The van der Waals surface area contributed by atoms with E-state index in [1.54, 1.807) is 6.07 Å². The van der Waals surface area contributed by atoms with Crippen LogP contribution in [0.2, 0.25) is 5.02 Å². The lowest BCUT2D eigenvalue weighted by Crippen LogP contribution is -2.48. The van der Waals surface area contributed by atoms with Gasteiger partial charge in [0, 0.05) is 24.2 Å². The van der Waals surface area contributed by atoms with Crippen molar-refractivity contribution in [1.82, 2.24) is 10.2 Å². The average molecular weight is 300 g/mol. The van der Waals surface area contributed by atoms with Crippen LogP contribution < -0.4 is 11.1 Å². The van der Waals surface area contributed by atoms with Crippen LogP contribution in [-0.2, 0) is 11.3 Å². The van der Waals surface area contributed by atoms with Gasteiger partial charge in [-0.3, -0.25) is 9.69 Å². The van der Waals surface area contributed by atoms with Crippen molar-refractivity contribution in [2.45, 2.75) is 25.4 Å². The minimum atomic E-state index is -0.328. The molecule has 1 heterocycles. The molecule has 1 aromatic carbocycles. The van der Waals surface area contributed by atoms with Crippen LogP contribution in [0.4, 0.5) is 4.39 Å². The summed E-state index contributed by atoms with van der Waals surface area (Å²) in [4.78, 5) is 13.5. The number of amides is 1.